The number of nitrogen functional groups attached to an aromatic ring is 1. The lowest BCUT2D eigenvalue weighted by Crippen LogP contribution is -2.08. The van der Waals surface area contributed by atoms with Crippen LogP contribution in [0.4, 0.5) is 14.5 Å². The smallest absolute Gasteiger partial charge is 0.266 e. The van der Waals surface area contributed by atoms with Gasteiger partial charge in [-0.05, 0) is 12.5 Å². The molecule has 72 valence electrons. The van der Waals surface area contributed by atoms with Crippen molar-refractivity contribution in [1.29, 1.82) is 0 Å². The molecule has 5 heteroatoms. The van der Waals surface area contributed by atoms with Crippen molar-refractivity contribution in [3.8, 4) is 0 Å². The number of nitrogens with two attached hydrogens (primary N) is 2. The van der Waals surface area contributed by atoms with Crippen LogP contribution in [-0.2, 0) is 6.54 Å². The first-order valence-corrected chi connectivity index (χ1v) is 3.80. The Hall–Kier alpha value is -1.23. The zero-order valence-corrected chi connectivity index (χ0v) is 7.22. The third kappa shape index (κ3) is 1.75. The maximum absolute atomic E-state index is 12.5. The van der Waals surface area contributed by atoms with Gasteiger partial charge in [-0.25, -0.2) is 8.78 Å². The largest absolute Gasteiger partial charge is 0.397 e. The molecule has 13 heavy (non-hydrogen) atoms. The Kier molecular flexibility index (Phi) is 2.77. The summed E-state index contributed by atoms with van der Waals surface area (Å²) in [5, 5.41) is 0. The van der Waals surface area contributed by atoms with Gasteiger partial charge in [0.2, 0.25) is 0 Å². The van der Waals surface area contributed by atoms with Crippen LogP contribution in [0.5, 0.6) is 0 Å². The van der Waals surface area contributed by atoms with E-state index < -0.39 is 6.43 Å². The van der Waals surface area contributed by atoms with Crippen molar-refractivity contribution in [1.82, 2.24) is 4.98 Å². The highest BCUT2D eigenvalue weighted by Crippen LogP contribution is 2.28. The van der Waals surface area contributed by atoms with Gasteiger partial charge in [0.1, 0.15) is 0 Å². The number of pyridine rings is 1. The summed E-state index contributed by atoms with van der Waals surface area (Å²) in [4.78, 5) is 3.86. The molecule has 0 unspecified atom stereocenters. The van der Waals surface area contributed by atoms with Crippen LogP contribution in [0, 0.1) is 6.92 Å². The van der Waals surface area contributed by atoms with Gasteiger partial charge in [-0.1, -0.05) is 0 Å². The minimum Gasteiger partial charge on any atom is -0.397 e. The number of rotatable bonds is 2. The van der Waals surface area contributed by atoms with Gasteiger partial charge in [0, 0.05) is 12.1 Å². The topological polar surface area (TPSA) is 64.9 Å². The molecule has 0 aliphatic carbocycles. The van der Waals surface area contributed by atoms with Crippen LogP contribution in [0.15, 0.2) is 6.20 Å². The van der Waals surface area contributed by atoms with Crippen LogP contribution in [0.3, 0.4) is 0 Å². The summed E-state index contributed by atoms with van der Waals surface area (Å²) in [7, 11) is 0. The molecule has 3 nitrogen and oxygen atoms in total. The van der Waals surface area contributed by atoms with Crippen LogP contribution in [0.25, 0.3) is 0 Å². The van der Waals surface area contributed by atoms with E-state index in [4.69, 9.17) is 11.5 Å². The normalized spacial score (nSPS) is 10.8. The van der Waals surface area contributed by atoms with Crippen molar-refractivity contribution in [3.05, 3.63) is 23.0 Å². The molecule has 1 heterocycles. The van der Waals surface area contributed by atoms with Gasteiger partial charge in [-0.15, -0.1) is 0 Å². The molecule has 4 N–H and O–H groups in total. The number of halogens is 2. The van der Waals surface area contributed by atoms with Crippen molar-refractivity contribution in [2.45, 2.75) is 19.9 Å². The van der Waals surface area contributed by atoms with E-state index in [-0.39, 0.29) is 17.8 Å². The second-order valence-corrected chi connectivity index (χ2v) is 2.70. The average molecular weight is 187 g/mol. The summed E-state index contributed by atoms with van der Waals surface area (Å²) in [6, 6.07) is 0. The number of hydrogen-bond donors (Lipinski definition) is 2. The molecule has 1 aromatic heterocycles. The predicted octanol–water partition coefficient (Wildman–Crippen LogP) is 1.37. The minimum atomic E-state index is -2.58. The molecule has 1 aromatic rings. The summed E-state index contributed by atoms with van der Waals surface area (Å²) in [6.45, 7) is 1.69. The lowest BCUT2D eigenvalue weighted by atomic mass is 10.1. The maximum Gasteiger partial charge on any atom is 0.266 e. The minimum absolute atomic E-state index is 0.0182. The summed E-state index contributed by atoms with van der Waals surface area (Å²) in [5.74, 6) is 0. The van der Waals surface area contributed by atoms with Crippen molar-refractivity contribution in [3.63, 3.8) is 0 Å². The van der Waals surface area contributed by atoms with Crippen LogP contribution in [0.2, 0.25) is 0 Å². The molecular weight excluding hydrogens is 176 g/mol. The standard InChI is InChI=1S/C8H11F2N3/c1-4-6(2-11)13-3-5(12)7(4)8(9)10/h3,8H,2,11-12H2,1H3. The molecule has 0 bridgehead atoms. The van der Waals surface area contributed by atoms with Gasteiger partial charge < -0.3 is 11.5 Å². The van der Waals surface area contributed by atoms with E-state index in [1.807, 2.05) is 0 Å². The number of anilines is 1. The van der Waals surface area contributed by atoms with Crippen LogP contribution in [0.1, 0.15) is 23.2 Å². The van der Waals surface area contributed by atoms with Crippen LogP contribution in [-0.4, -0.2) is 4.98 Å². The Balaban J connectivity index is 3.30. The highest BCUT2D eigenvalue weighted by molar-refractivity contribution is 5.50. The molecular formula is C8H11F2N3. The first-order chi connectivity index (χ1) is 6.07. The van der Waals surface area contributed by atoms with E-state index in [9.17, 15) is 8.78 Å². The molecule has 1 rings (SSSR count). The maximum atomic E-state index is 12.5. The molecule has 0 aromatic carbocycles. The quantitative estimate of drug-likeness (QED) is 0.734. The highest BCUT2D eigenvalue weighted by atomic mass is 19.3. The van der Waals surface area contributed by atoms with E-state index in [2.05, 4.69) is 4.98 Å². The Bertz CT molecular complexity index is 313. The Morgan fingerprint density at radius 3 is 2.62 bits per heavy atom. The van der Waals surface area contributed by atoms with Gasteiger partial charge >= 0.3 is 0 Å². The highest BCUT2D eigenvalue weighted by Gasteiger charge is 2.16. The number of hydrogen-bond acceptors (Lipinski definition) is 3. The fraction of sp³-hybridized carbons (Fsp3) is 0.375. The second kappa shape index (κ2) is 3.66. The fourth-order valence-electron chi connectivity index (χ4n) is 1.18. The molecule has 0 saturated heterocycles. The number of nitrogens with zero attached hydrogens (tertiary/aromatic N) is 1. The molecule has 0 fully saturated rings. The Labute approximate surface area is 74.8 Å². The van der Waals surface area contributed by atoms with Gasteiger partial charge in [0.15, 0.2) is 0 Å². The van der Waals surface area contributed by atoms with Crippen molar-refractivity contribution in [2.75, 3.05) is 5.73 Å². The molecule has 0 atom stereocenters. The van der Waals surface area contributed by atoms with E-state index in [0.29, 0.717) is 11.3 Å². The molecule has 0 aliphatic rings. The fourth-order valence-corrected chi connectivity index (χ4v) is 1.18. The zero-order valence-electron chi connectivity index (χ0n) is 7.22. The predicted molar refractivity (Wildman–Crippen MR) is 46.2 cm³/mol. The third-order valence-corrected chi connectivity index (χ3v) is 1.92. The van der Waals surface area contributed by atoms with E-state index in [0.717, 1.165) is 0 Å². The van der Waals surface area contributed by atoms with E-state index in [1.54, 1.807) is 6.92 Å². The SMILES string of the molecule is Cc1c(CN)ncc(N)c1C(F)F. The molecule has 0 aliphatic heterocycles. The lowest BCUT2D eigenvalue weighted by Gasteiger charge is -2.10. The number of alkyl halides is 2. The van der Waals surface area contributed by atoms with Gasteiger partial charge in [0.05, 0.1) is 17.6 Å². The molecule has 0 radical (unpaired) electrons. The second-order valence-electron chi connectivity index (χ2n) is 2.70. The van der Waals surface area contributed by atoms with Gasteiger partial charge in [0.25, 0.3) is 6.43 Å². The van der Waals surface area contributed by atoms with Gasteiger partial charge in [-0.2, -0.15) is 0 Å². The van der Waals surface area contributed by atoms with Crippen molar-refractivity contribution < 1.29 is 8.78 Å². The summed E-state index contributed by atoms with van der Waals surface area (Å²) in [6.07, 6.45) is -1.36. The molecule has 0 saturated carbocycles. The van der Waals surface area contributed by atoms with Gasteiger partial charge in [-0.3, -0.25) is 4.98 Å². The number of aromatic nitrogens is 1. The van der Waals surface area contributed by atoms with E-state index >= 15 is 0 Å². The average Bonchev–Trinajstić information content (AvgIpc) is 2.04. The summed E-state index contributed by atoms with van der Waals surface area (Å²) >= 11 is 0. The first kappa shape index (κ1) is 9.85. The Morgan fingerprint density at radius 2 is 2.15 bits per heavy atom. The summed E-state index contributed by atoms with van der Waals surface area (Å²) < 4.78 is 24.9. The Morgan fingerprint density at radius 1 is 1.54 bits per heavy atom. The van der Waals surface area contributed by atoms with Crippen LogP contribution < -0.4 is 11.5 Å². The third-order valence-electron chi connectivity index (χ3n) is 1.92. The van der Waals surface area contributed by atoms with E-state index in [1.165, 1.54) is 6.20 Å². The summed E-state index contributed by atoms with van der Waals surface area (Å²) in [5.41, 5.74) is 11.4. The monoisotopic (exact) mass is 187 g/mol. The molecule has 0 amide bonds. The van der Waals surface area contributed by atoms with Crippen LogP contribution >= 0.6 is 0 Å². The first-order valence-electron chi connectivity index (χ1n) is 3.80. The lowest BCUT2D eigenvalue weighted by molar-refractivity contribution is 0.151. The zero-order chi connectivity index (χ0) is 10.0. The molecule has 0 spiro atoms. The van der Waals surface area contributed by atoms with Crippen molar-refractivity contribution >= 4 is 5.69 Å². The van der Waals surface area contributed by atoms with Crippen molar-refractivity contribution in [2.24, 2.45) is 5.73 Å².